The summed E-state index contributed by atoms with van der Waals surface area (Å²) < 4.78 is 1.76. The summed E-state index contributed by atoms with van der Waals surface area (Å²) in [5.74, 6) is 0. The molecule has 0 nitrogen and oxygen atoms in total. The van der Waals surface area contributed by atoms with Gasteiger partial charge in [0.15, 0.2) is 0 Å². The third-order valence-electron chi connectivity index (χ3n) is 2.68. The van der Waals surface area contributed by atoms with E-state index in [0.29, 0.717) is 0 Å². The molecule has 0 unspecified atom stereocenters. The van der Waals surface area contributed by atoms with Gasteiger partial charge in [-0.25, -0.2) is 0 Å². The van der Waals surface area contributed by atoms with Gasteiger partial charge in [-0.2, -0.15) is 0 Å². The van der Waals surface area contributed by atoms with E-state index in [1.807, 2.05) is 0 Å². The fraction of sp³-hybridized carbons (Fsp3) is 0.636. The summed E-state index contributed by atoms with van der Waals surface area (Å²) in [7, 11) is 0. The quantitative estimate of drug-likeness (QED) is 0.609. The number of allylic oxidation sites excluding steroid dienone is 4. The molecule has 0 aliphatic heterocycles. The summed E-state index contributed by atoms with van der Waals surface area (Å²) in [5.41, 5.74) is 5.13. The zero-order valence-corrected chi connectivity index (χ0v) is 14.4. The van der Waals surface area contributed by atoms with Crippen LogP contribution in [-0.4, -0.2) is 0 Å². The van der Waals surface area contributed by atoms with Crippen LogP contribution in [0.4, 0.5) is 0 Å². The standard InChI is InChI=1S/C11H17.2ClH.Hf/c1-4-9-7-8-10(5-2)11(9)6-3;;;/h4-7H2,1-3H3;2*1H;. The van der Waals surface area contributed by atoms with E-state index in [4.69, 9.17) is 0 Å². The summed E-state index contributed by atoms with van der Waals surface area (Å²) >= 11 is 1.27. The van der Waals surface area contributed by atoms with Gasteiger partial charge in [0, 0.05) is 0 Å². The minimum Gasteiger partial charge on any atom is -0.147 e. The van der Waals surface area contributed by atoms with Crippen molar-refractivity contribution in [1.82, 2.24) is 0 Å². The van der Waals surface area contributed by atoms with Gasteiger partial charge in [0.05, 0.1) is 0 Å². The molecule has 0 N–H and O–H groups in total. The van der Waals surface area contributed by atoms with Crippen LogP contribution in [-0.2, 0) is 24.4 Å². The molecule has 14 heavy (non-hydrogen) atoms. The summed E-state index contributed by atoms with van der Waals surface area (Å²) in [4.78, 5) is 0. The Morgan fingerprint density at radius 3 is 1.79 bits per heavy atom. The molecule has 0 bridgehead atoms. The number of hydrogen-bond acceptors (Lipinski definition) is 0. The van der Waals surface area contributed by atoms with Crippen LogP contribution in [0.3, 0.4) is 0 Å². The van der Waals surface area contributed by atoms with Crippen LogP contribution >= 0.6 is 24.8 Å². The van der Waals surface area contributed by atoms with Crippen molar-refractivity contribution in [3.05, 3.63) is 20.0 Å². The van der Waals surface area contributed by atoms with Gasteiger partial charge in [0.25, 0.3) is 0 Å². The first kappa shape index (κ1) is 17.3. The molecule has 1 aliphatic carbocycles. The fourth-order valence-electron chi connectivity index (χ4n) is 2.05. The molecule has 1 rings (SSSR count). The normalized spacial score (nSPS) is 15.3. The van der Waals surface area contributed by atoms with Crippen molar-refractivity contribution < 1.29 is 24.4 Å². The minimum absolute atomic E-state index is 0. The number of halogens is 2. The molecule has 0 saturated carbocycles. The van der Waals surface area contributed by atoms with Crippen molar-refractivity contribution in [1.29, 1.82) is 0 Å². The first-order chi connectivity index (χ1) is 5.74. The zero-order valence-electron chi connectivity index (χ0n) is 9.14. The Kier molecular flexibility index (Phi) is 10.1. The number of rotatable bonds is 3. The molecule has 0 heterocycles. The second-order valence-electron chi connectivity index (χ2n) is 3.28. The van der Waals surface area contributed by atoms with Crippen LogP contribution in [0.5, 0.6) is 0 Å². The van der Waals surface area contributed by atoms with E-state index in [0.717, 1.165) is 0 Å². The second kappa shape index (κ2) is 8.13. The molecule has 1 aliphatic rings. The van der Waals surface area contributed by atoms with Gasteiger partial charge in [-0.05, 0) is 0 Å². The zero-order chi connectivity index (χ0) is 9.14. The molecule has 0 aromatic heterocycles. The predicted molar refractivity (Wildman–Crippen MR) is 64.0 cm³/mol. The Balaban J connectivity index is 0. The van der Waals surface area contributed by atoms with Crippen molar-refractivity contribution >= 4 is 24.8 Å². The minimum atomic E-state index is 0. The average Bonchev–Trinajstić information content (AvgIpc) is 2.40. The van der Waals surface area contributed by atoms with Crippen molar-refractivity contribution in [2.45, 2.75) is 46.5 Å². The Labute approximate surface area is 115 Å². The monoisotopic (exact) mass is 401 g/mol. The summed E-state index contributed by atoms with van der Waals surface area (Å²) in [6.45, 7) is 6.88. The average molecular weight is 401 g/mol. The summed E-state index contributed by atoms with van der Waals surface area (Å²) in [5, 5.41) is 0. The van der Waals surface area contributed by atoms with Crippen LogP contribution in [0.1, 0.15) is 46.5 Å². The molecular formula is C11H19Cl2Hf. The van der Waals surface area contributed by atoms with Gasteiger partial charge >= 0.3 is 90.9 Å². The third-order valence-corrected chi connectivity index (χ3v) is 4.40. The summed E-state index contributed by atoms with van der Waals surface area (Å²) in [6.07, 6.45) is 5.08. The molecule has 0 amide bonds. The molecule has 3 heteroatoms. The van der Waals surface area contributed by atoms with Gasteiger partial charge in [-0.3, -0.25) is 0 Å². The van der Waals surface area contributed by atoms with Crippen LogP contribution in [0.15, 0.2) is 20.0 Å². The molecular weight excluding hydrogens is 382 g/mol. The fourth-order valence-corrected chi connectivity index (χ4v) is 3.99. The van der Waals surface area contributed by atoms with Crippen molar-refractivity contribution in [2.24, 2.45) is 0 Å². The van der Waals surface area contributed by atoms with Crippen molar-refractivity contribution in [3.8, 4) is 0 Å². The largest absolute Gasteiger partial charge is 0.147 e. The molecule has 0 radical (unpaired) electrons. The molecule has 0 fully saturated rings. The van der Waals surface area contributed by atoms with E-state index in [-0.39, 0.29) is 24.8 Å². The molecule has 0 aromatic rings. The number of hydrogen-bond donors (Lipinski definition) is 0. The molecule has 81 valence electrons. The van der Waals surface area contributed by atoms with E-state index >= 15 is 0 Å². The third kappa shape index (κ3) is 3.50. The maximum Gasteiger partial charge on any atom is -0.147 e. The van der Waals surface area contributed by atoms with Gasteiger partial charge in [0.2, 0.25) is 0 Å². The molecule has 0 aromatic carbocycles. The SMILES string of the molecule is CCC1=C(CC)C(CC)=[C]([Hf])C1.Cl.Cl. The van der Waals surface area contributed by atoms with Gasteiger partial charge in [-0.15, -0.1) is 24.8 Å². The first-order valence-electron chi connectivity index (χ1n) is 4.89. The van der Waals surface area contributed by atoms with Crippen LogP contribution < -0.4 is 0 Å². The predicted octanol–water partition coefficient (Wildman–Crippen LogP) is 4.56. The van der Waals surface area contributed by atoms with E-state index in [9.17, 15) is 0 Å². The van der Waals surface area contributed by atoms with E-state index < -0.39 is 0 Å². The van der Waals surface area contributed by atoms with Gasteiger partial charge in [-0.1, -0.05) is 0 Å². The van der Waals surface area contributed by atoms with Crippen molar-refractivity contribution in [2.75, 3.05) is 0 Å². The molecule has 0 spiro atoms. The van der Waals surface area contributed by atoms with Crippen LogP contribution in [0.2, 0.25) is 0 Å². The Morgan fingerprint density at radius 2 is 1.43 bits per heavy atom. The second-order valence-corrected chi connectivity index (χ2v) is 5.45. The Morgan fingerprint density at radius 1 is 0.929 bits per heavy atom. The molecule has 0 saturated heterocycles. The summed E-state index contributed by atoms with van der Waals surface area (Å²) in [6, 6.07) is 0. The van der Waals surface area contributed by atoms with E-state index in [2.05, 4.69) is 20.8 Å². The van der Waals surface area contributed by atoms with E-state index in [1.165, 1.54) is 50.1 Å². The topological polar surface area (TPSA) is 0 Å². The van der Waals surface area contributed by atoms with Crippen molar-refractivity contribution in [3.63, 3.8) is 0 Å². The Hall–Kier alpha value is 0.930. The Bertz CT molecular complexity index is 242. The maximum atomic E-state index is 2.29. The van der Waals surface area contributed by atoms with Crippen LogP contribution in [0.25, 0.3) is 0 Å². The molecule has 0 atom stereocenters. The maximum absolute atomic E-state index is 2.29. The smallest absolute Gasteiger partial charge is 0.147 e. The van der Waals surface area contributed by atoms with Gasteiger partial charge in [0.1, 0.15) is 0 Å². The van der Waals surface area contributed by atoms with Gasteiger partial charge < -0.3 is 0 Å². The van der Waals surface area contributed by atoms with E-state index in [1.54, 1.807) is 20.0 Å². The first-order valence-corrected chi connectivity index (χ1v) is 6.69. The van der Waals surface area contributed by atoms with Crippen LogP contribution in [0, 0.1) is 0 Å².